The number of aromatic nitrogens is 3. The summed E-state index contributed by atoms with van der Waals surface area (Å²) >= 11 is 0. The molecule has 1 aliphatic rings. The van der Waals surface area contributed by atoms with Gasteiger partial charge in [-0.2, -0.15) is 0 Å². The quantitative estimate of drug-likeness (QED) is 0.463. The molecule has 2 heterocycles. The van der Waals surface area contributed by atoms with Crippen molar-refractivity contribution >= 4 is 5.91 Å². The molecule has 33 heavy (non-hydrogen) atoms. The molecule has 0 atom stereocenters. The van der Waals surface area contributed by atoms with Gasteiger partial charge in [-0.1, -0.05) is 49.2 Å². The van der Waals surface area contributed by atoms with Crippen molar-refractivity contribution in [2.45, 2.75) is 44.1 Å². The zero-order valence-electron chi connectivity index (χ0n) is 18.4. The summed E-state index contributed by atoms with van der Waals surface area (Å²) in [5.74, 6) is -0.261. The van der Waals surface area contributed by atoms with Crippen LogP contribution in [-0.4, -0.2) is 39.1 Å². The largest absolute Gasteiger partial charge is 0.481 e. The minimum absolute atomic E-state index is 0.0542. The van der Waals surface area contributed by atoms with Crippen LogP contribution in [0.15, 0.2) is 59.5 Å². The summed E-state index contributed by atoms with van der Waals surface area (Å²) < 4.78 is 5.75. The van der Waals surface area contributed by atoms with Crippen LogP contribution in [0.5, 0.6) is 5.75 Å². The van der Waals surface area contributed by atoms with E-state index in [0.29, 0.717) is 12.2 Å². The summed E-state index contributed by atoms with van der Waals surface area (Å²) in [5.41, 5.74) is 1.03. The van der Waals surface area contributed by atoms with Crippen LogP contribution in [0.2, 0.25) is 0 Å². The van der Waals surface area contributed by atoms with E-state index in [1.807, 2.05) is 48.5 Å². The maximum atomic E-state index is 13.0. The molecule has 8 nitrogen and oxygen atoms in total. The molecule has 0 spiro atoms. The second-order valence-electron chi connectivity index (χ2n) is 8.32. The molecular weight excluding hydrogens is 420 g/mol. The molecule has 0 radical (unpaired) electrons. The molecule has 8 heteroatoms. The highest BCUT2D eigenvalue weighted by Crippen LogP contribution is 2.42. The third-order valence-corrected chi connectivity index (χ3v) is 6.04. The number of pyridine rings is 1. The summed E-state index contributed by atoms with van der Waals surface area (Å²) in [5, 5.41) is 11.7. The number of amides is 1. The number of H-pyrrole nitrogens is 1. The van der Waals surface area contributed by atoms with Gasteiger partial charge in [0.1, 0.15) is 12.4 Å². The number of nitrogens with one attached hydrogen (secondary N) is 2. The lowest BCUT2D eigenvalue weighted by Gasteiger charge is -2.28. The maximum absolute atomic E-state index is 13.0. The molecule has 0 saturated heterocycles. The van der Waals surface area contributed by atoms with E-state index in [4.69, 9.17) is 9.84 Å². The number of nitrogens with zero attached hydrogens (tertiary/aromatic N) is 2. The number of carbonyl (C=O) groups excluding carboxylic acids is 1. The molecule has 172 valence electrons. The zero-order valence-corrected chi connectivity index (χ0v) is 18.4. The van der Waals surface area contributed by atoms with Crippen molar-refractivity contribution in [1.29, 1.82) is 0 Å². The number of rotatable bonds is 9. The van der Waals surface area contributed by atoms with Crippen molar-refractivity contribution in [3.8, 4) is 5.75 Å². The Morgan fingerprint density at radius 3 is 2.58 bits per heavy atom. The number of ether oxygens (including phenoxy) is 1. The van der Waals surface area contributed by atoms with Crippen molar-refractivity contribution in [3.63, 3.8) is 0 Å². The molecule has 4 rings (SSSR count). The van der Waals surface area contributed by atoms with Crippen LogP contribution in [0, 0.1) is 0 Å². The highest BCUT2D eigenvalue weighted by molar-refractivity contribution is 5.94. The van der Waals surface area contributed by atoms with Gasteiger partial charge in [-0.3, -0.25) is 14.6 Å². The fraction of sp³-hybridized carbons (Fsp3) is 0.360. The van der Waals surface area contributed by atoms with Gasteiger partial charge in [-0.15, -0.1) is 0 Å². The SMILES string of the molecule is O=C(NCCO)c1nc(CC2(c3ccccn3)CCCC2)[nH]c(=O)c1OCc1ccccc1. The molecule has 1 saturated carbocycles. The van der Waals surface area contributed by atoms with Crippen LogP contribution in [0.4, 0.5) is 0 Å². The average Bonchev–Trinajstić information content (AvgIpc) is 3.32. The standard InChI is InChI=1S/C25H28N4O4/c30-15-14-27-23(31)21-22(33-17-18-8-2-1-3-9-18)24(32)29-20(28-21)16-25(11-5-6-12-25)19-10-4-7-13-26-19/h1-4,7-10,13,30H,5-6,11-12,14-17H2,(H,27,31)(H,28,29,32). The van der Waals surface area contributed by atoms with Gasteiger partial charge < -0.3 is 20.1 Å². The topological polar surface area (TPSA) is 117 Å². The Labute approximate surface area is 192 Å². The minimum Gasteiger partial charge on any atom is -0.481 e. The Hall–Kier alpha value is -3.52. The minimum atomic E-state index is -0.558. The second-order valence-corrected chi connectivity index (χ2v) is 8.32. The maximum Gasteiger partial charge on any atom is 0.294 e. The molecule has 0 unspecified atom stereocenters. The summed E-state index contributed by atoms with van der Waals surface area (Å²) in [6.07, 6.45) is 6.27. The van der Waals surface area contributed by atoms with E-state index in [1.54, 1.807) is 6.20 Å². The number of benzene rings is 1. The number of aliphatic hydroxyl groups excluding tert-OH is 1. The molecule has 2 aromatic heterocycles. The number of hydrogen-bond acceptors (Lipinski definition) is 6. The van der Waals surface area contributed by atoms with E-state index in [1.165, 1.54) is 0 Å². The predicted molar refractivity (Wildman–Crippen MR) is 123 cm³/mol. The van der Waals surface area contributed by atoms with E-state index in [-0.39, 0.29) is 36.6 Å². The molecule has 1 aliphatic carbocycles. The van der Waals surface area contributed by atoms with Gasteiger partial charge >= 0.3 is 0 Å². The lowest BCUT2D eigenvalue weighted by molar-refractivity contribution is 0.0933. The molecule has 0 bridgehead atoms. The second kappa shape index (κ2) is 10.4. The Balaban J connectivity index is 1.67. The third-order valence-electron chi connectivity index (χ3n) is 6.04. The monoisotopic (exact) mass is 448 g/mol. The van der Waals surface area contributed by atoms with Crippen molar-refractivity contribution in [3.05, 3.63) is 87.9 Å². The number of hydrogen-bond donors (Lipinski definition) is 3. The van der Waals surface area contributed by atoms with E-state index >= 15 is 0 Å². The van der Waals surface area contributed by atoms with Gasteiger partial charge in [0.2, 0.25) is 5.75 Å². The van der Waals surface area contributed by atoms with Gasteiger partial charge in [0.15, 0.2) is 5.69 Å². The molecule has 1 aromatic carbocycles. The Morgan fingerprint density at radius 1 is 1.12 bits per heavy atom. The first kappa shape index (κ1) is 22.7. The summed E-state index contributed by atoms with van der Waals surface area (Å²) in [6, 6.07) is 15.2. The summed E-state index contributed by atoms with van der Waals surface area (Å²) in [7, 11) is 0. The molecule has 0 aliphatic heterocycles. The number of aliphatic hydroxyl groups is 1. The van der Waals surface area contributed by atoms with Crippen LogP contribution >= 0.6 is 0 Å². The van der Waals surface area contributed by atoms with Crippen LogP contribution in [-0.2, 0) is 18.4 Å². The normalized spacial score (nSPS) is 14.7. The highest BCUT2D eigenvalue weighted by atomic mass is 16.5. The van der Waals surface area contributed by atoms with Gasteiger partial charge in [-0.25, -0.2) is 4.98 Å². The highest BCUT2D eigenvalue weighted by Gasteiger charge is 2.38. The van der Waals surface area contributed by atoms with Gasteiger partial charge in [-0.05, 0) is 30.5 Å². The molecule has 3 aromatic rings. The van der Waals surface area contributed by atoms with Crippen molar-refractivity contribution in [1.82, 2.24) is 20.3 Å². The smallest absolute Gasteiger partial charge is 0.294 e. The first-order chi connectivity index (χ1) is 16.1. The van der Waals surface area contributed by atoms with Crippen molar-refractivity contribution in [2.75, 3.05) is 13.2 Å². The van der Waals surface area contributed by atoms with Crippen LogP contribution in [0.1, 0.15) is 53.3 Å². The van der Waals surface area contributed by atoms with Crippen LogP contribution in [0.3, 0.4) is 0 Å². The Bertz CT molecular complexity index is 1130. The first-order valence-corrected chi connectivity index (χ1v) is 11.2. The van der Waals surface area contributed by atoms with Gasteiger partial charge in [0.25, 0.3) is 11.5 Å². The molecule has 1 amide bonds. The van der Waals surface area contributed by atoms with Gasteiger partial charge in [0, 0.05) is 30.3 Å². The van der Waals surface area contributed by atoms with E-state index in [2.05, 4.69) is 20.3 Å². The number of aromatic amines is 1. The van der Waals surface area contributed by atoms with Gasteiger partial charge in [0.05, 0.1) is 6.61 Å². The third kappa shape index (κ3) is 5.28. The van der Waals surface area contributed by atoms with Crippen molar-refractivity contribution in [2.24, 2.45) is 0 Å². The first-order valence-electron chi connectivity index (χ1n) is 11.2. The van der Waals surface area contributed by atoms with Crippen LogP contribution < -0.4 is 15.6 Å². The predicted octanol–water partition coefficient (Wildman–Crippen LogP) is 2.52. The Kier molecular flexibility index (Phi) is 7.14. The van der Waals surface area contributed by atoms with E-state index in [0.717, 1.165) is 36.9 Å². The lowest BCUT2D eigenvalue weighted by Crippen LogP contribution is -2.33. The zero-order chi connectivity index (χ0) is 23.1. The van der Waals surface area contributed by atoms with Crippen molar-refractivity contribution < 1.29 is 14.6 Å². The molecule has 1 fully saturated rings. The molecule has 3 N–H and O–H groups in total. The summed E-state index contributed by atoms with van der Waals surface area (Å²) in [4.78, 5) is 37.8. The fourth-order valence-corrected chi connectivity index (χ4v) is 4.44. The summed E-state index contributed by atoms with van der Waals surface area (Å²) in [6.45, 7) is -0.0352. The fourth-order valence-electron chi connectivity index (χ4n) is 4.44. The average molecular weight is 449 g/mol. The molecular formula is C25H28N4O4. The number of carbonyl (C=O) groups is 1. The van der Waals surface area contributed by atoms with Crippen LogP contribution in [0.25, 0.3) is 0 Å². The lowest BCUT2D eigenvalue weighted by atomic mass is 9.79. The van der Waals surface area contributed by atoms with E-state index < -0.39 is 11.5 Å². The van der Waals surface area contributed by atoms with E-state index in [9.17, 15) is 9.59 Å². The Morgan fingerprint density at radius 2 is 1.88 bits per heavy atom.